The molecule has 0 aromatic heterocycles. The molecule has 4 rings (SSSR count). The van der Waals surface area contributed by atoms with E-state index >= 15 is 0 Å². The average Bonchev–Trinajstić information content (AvgIpc) is 3.41. The Morgan fingerprint density at radius 1 is 0.830 bits per heavy atom. The van der Waals surface area contributed by atoms with Gasteiger partial charge in [-0.15, -0.1) is 0 Å². The molecule has 0 radical (unpaired) electrons. The van der Waals surface area contributed by atoms with Crippen molar-refractivity contribution in [2.75, 3.05) is 39.8 Å². The Kier molecular flexibility index (Phi) is 14.9. The number of hydrogen-bond donors (Lipinski definition) is 4. The summed E-state index contributed by atoms with van der Waals surface area (Å²) in [5.41, 5.74) is 6.52. The maximum atomic E-state index is 12.9. The van der Waals surface area contributed by atoms with E-state index in [2.05, 4.69) is 36.7 Å². The molecule has 5 N–H and O–H groups in total. The van der Waals surface area contributed by atoms with Gasteiger partial charge in [0, 0.05) is 6.42 Å². The summed E-state index contributed by atoms with van der Waals surface area (Å²) in [6.45, 7) is 16.9. The molecule has 0 aromatic rings. The van der Waals surface area contributed by atoms with Crippen LogP contribution < -0.4 is 21.7 Å². The molecule has 1 amide bonds. The number of nitrogens with two attached hydrogens (primary N) is 1. The van der Waals surface area contributed by atoms with Gasteiger partial charge in [-0.1, -0.05) is 47.5 Å². The number of unbranched alkanes of at least 4 members (excludes halogenated alkanes) is 1. The fourth-order valence-corrected chi connectivity index (χ4v) is 11.5. The van der Waals surface area contributed by atoms with Crippen molar-refractivity contribution in [3.05, 3.63) is 0 Å². The van der Waals surface area contributed by atoms with E-state index < -0.39 is 6.04 Å². The van der Waals surface area contributed by atoms with Gasteiger partial charge in [-0.3, -0.25) is 4.79 Å². The summed E-state index contributed by atoms with van der Waals surface area (Å²) < 4.78 is 4.93. The van der Waals surface area contributed by atoms with E-state index in [1.807, 2.05) is 13.8 Å². The van der Waals surface area contributed by atoms with Gasteiger partial charge in [0.1, 0.15) is 6.04 Å². The Labute approximate surface area is 288 Å². The van der Waals surface area contributed by atoms with Crippen LogP contribution in [0.15, 0.2) is 0 Å². The van der Waals surface area contributed by atoms with E-state index in [0.717, 1.165) is 68.6 Å². The number of carbonyl (C=O) groups excluding carboxylic acids is 2. The van der Waals surface area contributed by atoms with Crippen molar-refractivity contribution in [1.29, 1.82) is 0 Å². The molecule has 0 spiro atoms. The summed E-state index contributed by atoms with van der Waals surface area (Å²) in [6, 6.07) is -0.560. The molecule has 0 heterocycles. The van der Waals surface area contributed by atoms with Crippen LogP contribution in [0.25, 0.3) is 0 Å². The zero-order valence-corrected chi connectivity index (χ0v) is 31.3. The van der Waals surface area contributed by atoms with Gasteiger partial charge in [0.2, 0.25) is 5.91 Å². The minimum absolute atomic E-state index is 0.0130. The van der Waals surface area contributed by atoms with Crippen LogP contribution in [-0.4, -0.2) is 57.8 Å². The predicted molar refractivity (Wildman–Crippen MR) is 194 cm³/mol. The second-order valence-corrected chi connectivity index (χ2v) is 17.3. The molecule has 47 heavy (non-hydrogen) atoms. The lowest BCUT2D eigenvalue weighted by molar-refractivity contribution is -0.146. The molecule has 4 fully saturated rings. The van der Waals surface area contributed by atoms with Gasteiger partial charge in [-0.05, 0) is 174 Å². The van der Waals surface area contributed by atoms with E-state index in [-0.39, 0.29) is 17.8 Å². The minimum atomic E-state index is -0.560. The number of nitrogens with one attached hydrogen (secondary N) is 3. The third-order valence-corrected chi connectivity index (χ3v) is 14.3. The quantitative estimate of drug-likeness (QED) is 0.0874. The SMILES string of the molecule is COC(=O)[C@H](NC(=O)CC[C@@H](C)[C@H]1CCC2C3CC[C@@H]4C[C@@H](CCCCNCCCNCCCN)CC[C@]4(C)C3CCC21C)C(C)C. The second kappa shape index (κ2) is 18.2. The molecule has 272 valence electrons. The first-order valence-corrected chi connectivity index (χ1v) is 20.0. The number of amides is 1. The monoisotopic (exact) mass is 659 g/mol. The number of carbonyl (C=O) groups is 2. The fraction of sp³-hybridized carbons (Fsp3) is 0.950. The van der Waals surface area contributed by atoms with Crippen molar-refractivity contribution in [3.63, 3.8) is 0 Å². The van der Waals surface area contributed by atoms with Crippen molar-refractivity contribution in [3.8, 4) is 0 Å². The number of rotatable bonds is 19. The van der Waals surface area contributed by atoms with Crippen LogP contribution >= 0.6 is 0 Å². The topological polar surface area (TPSA) is 105 Å². The highest BCUT2D eigenvalue weighted by atomic mass is 16.5. The Morgan fingerprint density at radius 3 is 2.21 bits per heavy atom. The van der Waals surface area contributed by atoms with Crippen molar-refractivity contribution < 1.29 is 14.3 Å². The molecular formula is C40H74N4O3. The maximum Gasteiger partial charge on any atom is 0.328 e. The van der Waals surface area contributed by atoms with Gasteiger partial charge in [-0.2, -0.15) is 0 Å². The van der Waals surface area contributed by atoms with Gasteiger partial charge in [0.05, 0.1) is 7.11 Å². The van der Waals surface area contributed by atoms with Crippen LogP contribution in [0.1, 0.15) is 137 Å². The molecule has 7 nitrogen and oxygen atoms in total. The lowest BCUT2D eigenvalue weighted by atomic mass is 9.44. The molecule has 10 atom stereocenters. The number of ether oxygens (including phenoxy) is 1. The van der Waals surface area contributed by atoms with Crippen LogP contribution in [-0.2, 0) is 14.3 Å². The Hall–Kier alpha value is -1.18. The van der Waals surface area contributed by atoms with Crippen LogP contribution in [0, 0.1) is 58.2 Å². The lowest BCUT2D eigenvalue weighted by Crippen LogP contribution is -2.53. The smallest absolute Gasteiger partial charge is 0.328 e. The molecule has 4 saturated carbocycles. The number of methoxy groups -OCH3 is 1. The van der Waals surface area contributed by atoms with Crippen LogP contribution in [0.4, 0.5) is 0 Å². The summed E-state index contributed by atoms with van der Waals surface area (Å²) >= 11 is 0. The van der Waals surface area contributed by atoms with Crippen LogP contribution in [0.3, 0.4) is 0 Å². The summed E-state index contributed by atoms with van der Waals surface area (Å²) in [5.74, 6) is 5.45. The standard InChI is InChI=1S/C40H74N4O3/c1-28(2)37(38(46)47-6)44-36(45)17-12-29(3)33-15-16-34-32-14-13-31-27-30(11-7-8-23-42-25-10-26-43-24-9-22-41)18-20-39(31,4)35(32)19-21-40(33,34)5/h28-35,37,42-43H,7-27,41H2,1-6H3,(H,44,45)/t29-,30+,31-,32?,33-,34?,35?,37-,39+,40?/m1/s1. The van der Waals surface area contributed by atoms with Gasteiger partial charge < -0.3 is 26.4 Å². The van der Waals surface area contributed by atoms with Crippen LogP contribution in [0.5, 0.6) is 0 Å². The van der Waals surface area contributed by atoms with E-state index in [9.17, 15) is 9.59 Å². The zero-order chi connectivity index (χ0) is 34.0. The second-order valence-electron chi connectivity index (χ2n) is 17.3. The van der Waals surface area contributed by atoms with Gasteiger partial charge >= 0.3 is 5.97 Å². The normalized spacial score (nSPS) is 34.6. The van der Waals surface area contributed by atoms with Crippen molar-refractivity contribution in [2.24, 2.45) is 63.9 Å². The summed E-state index contributed by atoms with van der Waals surface area (Å²) in [6.07, 6.45) is 20.6. The van der Waals surface area contributed by atoms with E-state index in [1.165, 1.54) is 97.1 Å². The minimum Gasteiger partial charge on any atom is -0.467 e. The maximum absolute atomic E-state index is 12.9. The van der Waals surface area contributed by atoms with E-state index in [1.54, 1.807) is 0 Å². The molecule has 0 saturated heterocycles. The highest BCUT2D eigenvalue weighted by Gasteiger charge is 2.60. The molecule has 0 aromatic carbocycles. The Morgan fingerprint density at radius 2 is 1.51 bits per heavy atom. The molecule has 4 unspecified atom stereocenters. The lowest BCUT2D eigenvalue weighted by Gasteiger charge is -2.61. The van der Waals surface area contributed by atoms with Gasteiger partial charge in [-0.25, -0.2) is 4.79 Å². The average molecular weight is 659 g/mol. The van der Waals surface area contributed by atoms with Gasteiger partial charge in [0.25, 0.3) is 0 Å². The van der Waals surface area contributed by atoms with Crippen LogP contribution in [0.2, 0.25) is 0 Å². The van der Waals surface area contributed by atoms with Gasteiger partial charge in [0.15, 0.2) is 0 Å². The third kappa shape index (κ3) is 9.54. The Bertz CT molecular complexity index is 975. The molecule has 7 heteroatoms. The zero-order valence-electron chi connectivity index (χ0n) is 31.3. The first-order valence-electron chi connectivity index (χ1n) is 20.0. The summed E-state index contributed by atoms with van der Waals surface area (Å²) in [5, 5.41) is 10.1. The summed E-state index contributed by atoms with van der Waals surface area (Å²) in [4.78, 5) is 25.0. The van der Waals surface area contributed by atoms with E-state index in [0.29, 0.717) is 29.1 Å². The molecule has 0 bridgehead atoms. The number of esters is 1. The van der Waals surface area contributed by atoms with Crippen molar-refractivity contribution in [2.45, 2.75) is 143 Å². The molecule has 4 aliphatic rings. The Balaban J connectivity index is 1.20. The first-order chi connectivity index (χ1) is 22.5. The first kappa shape index (κ1) is 38.6. The highest BCUT2D eigenvalue weighted by Crippen LogP contribution is 2.68. The van der Waals surface area contributed by atoms with Crippen molar-refractivity contribution in [1.82, 2.24) is 16.0 Å². The molecular weight excluding hydrogens is 584 g/mol. The third-order valence-electron chi connectivity index (χ3n) is 14.3. The largest absolute Gasteiger partial charge is 0.467 e. The molecule has 0 aliphatic heterocycles. The fourth-order valence-electron chi connectivity index (χ4n) is 11.5. The molecule has 4 aliphatic carbocycles. The highest BCUT2D eigenvalue weighted by molar-refractivity contribution is 5.84. The van der Waals surface area contributed by atoms with Crippen molar-refractivity contribution >= 4 is 11.9 Å². The predicted octanol–water partition coefficient (Wildman–Crippen LogP) is 7.08. The summed E-state index contributed by atoms with van der Waals surface area (Å²) in [7, 11) is 1.39. The number of hydrogen-bond acceptors (Lipinski definition) is 6. The van der Waals surface area contributed by atoms with E-state index in [4.69, 9.17) is 10.5 Å². The number of fused-ring (bicyclic) bond motifs is 5.